The molecular formula is C51H38N2. The van der Waals surface area contributed by atoms with Crippen LogP contribution in [0.2, 0.25) is 0 Å². The summed E-state index contributed by atoms with van der Waals surface area (Å²) in [5.41, 5.74) is 17.0. The summed E-state index contributed by atoms with van der Waals surface area (Å²) in [5.74, 6) is 0. The first kappa shape index (κ1) is 31.1. The fraction of sp³-hybridized carbons (Fsp3) is 0.0588. The molecular weight excluding hydrogens is 641 g/mol. The Hall–Kier alpha value is -6.64. The van der Waals surface area contributed by atoms with Gasteiger partial charge in [-0.3, -0.25) is 0 Å². The van der Waals surface area contributed by atoms with Gasteiger partial charge in [-0.25, -0.2) is 0 Å². The van der Waals surface area contributed by atoms with E-state index in [0.29, 0.717) is 0 Å². The molecule has 0 saturated carbocycles. The zero-order chi connectivity index (χ0) is 35.5. The van der Waals surface area contributed by atoms with E-state index in [9.17, 15) is 0 Å². The number of hydrogen-bond acceptors (Lipinski definition) is 1. The third-order valence-electron chi connectivity index (χ3n) is 11.2. The lowest BCUT2D eigenvalue weighted by molar-refractivity contribution is 0.660. The number of fused-ring (bicyclic) bond motifs is 6. The molecule has 0 atom stereocenters. The van der Waals surface area contributed by atoms with Crippen LogP contribution < -0.4 is 4.90 Å². The maximum Gasteiger partial charge on any atom is 0.0541 e. The van der Waals surface area contributed by atoms with Crippen LogP contribution in [-0.4, -0.2) is 4.57 Å². The standard InChI is InChI=1S/C51H38N2/c1-51(2)46-25-13-9-21-40(46)41-32-30-38(34-47(41)51)52(36-19-7-4-8-20-36)37-29-31-39(45(33-37)35-17-5-3-6-18-35)42-22-10-14-26-48(42)53-49-27-15-11-23-43(49)44-24-12-16-28-50(44)53/h3-34H,1-2H3. The number of nitrogens with zero attached hydrogens (tertiary/aromatic N) is 2. The number of hydrogen-bond donors (Lipinski definition) is 0. The first-order valence-electron chi connectivity index (χ1n) is 18.4. The van der Waals surface area contributed by atoms with Crippen LogP contribution in [0.5, 0.6) is 0 Å². The van der Waals surface area contributed by atoms with Gasteiger partial charge in [-0.2, -0.15) is 0 Å². The summed E-state index contributed by atoms with van der Waals surface area (Å²) >= 11 is 0. The highest BCUT2D eigenvalue weighted by Gasteiger charge is 2.35. The van der Waals surface area contributed by atoms with Gasteiger partial charge >= 0.3 is 0 Å². The molecule has 1 heterocycles. The van der Waals surface area contributed by atoms with Gasteiger partial charge in [-0.1, -0.05) is 153 Å². The first-order chi connectivity index (χ1) is 26.1. The van der Waals surface area contributed by atoms with Gasteiger partial charge in [0.2, 0.25) is 0 Å². The Morgan fingerprint density at radius 2 is 0.906 bits per heavy atom. The van der Waals surface area contributed by atoms with E-state index < -0.39 is 0 Å². The molecule has 0 unspecified atom stereocenters. The lowest BCUT2D eigenvalue weighted by Gasteiger charge is -2.29. The van der Waals surface area contributed by atoms with Crippen LogP contribution in [0.1, 0.15) is 25.0 Å². The van der Waals surface area contributed by atoms with Crippen molar-refractivity contribution in [1.82, 2.24) is 4.57 Å². The molecule has 9 aromatic rings. The average molecular weight is 679 g/mol. The number of anilines is 3. The van der Waals surface area contributed by atoms with Crippen LogP contribution in [0, 0.1) is 0 Å². The van der Waals surface area contributed by atoms with E-state index in [0.717, 1.165) is 22.7 Å². The Balaban J connectivity index is 1.19. The Morgan fingerprint density at radius 3 is 1.62 bits per heavy atom. The minimum Gasteiger partial charge on any atom is -0.310 e. The highest BCUT2D eigenvalue weighted by molar-refractivity contribution is 6.10. The molecule has 2 nitrogen and oxygen atoms in total. The Morgan fingerprint density at radius 1 is 0.377 bits per heavy atom. The molecule has 0 fully saturated rings. The van der Waals surface area contributed by atoms with Crippen molar-refractivity contribution in [1.29, 1.82) is 0 Å². The van der Waals surface area contributed by atoms with Crippen LogP contribution in [0.15, 0.2) is 194 Å². The fourth-order valence-corrected chi connectivity index (χ4v) is 8.70. The molecule has 8 aromatic carbocycles. The van der Waals surface area contributed by atoms with Crippen molar-refractivity contribution in [3.8, 4) is 39.1 Å². The summed E-state index contributed by atoms with van der Waals surface area (Å²) < 4.78 is 2.43. The van der Waals surface area contributed by atoms with Crippen LogP contribution in [0.25, 0.3) is 60.9 Å². The molecule has 0 spiro atoms. The third-order valence-corrected chi connectivity index (χ3v) is 11.2. The molecule has 0 bridgehead atoms. The Kier molecular flexibility index (Phi) is 7.19. The summed E-state index contributed by atoms with van der Waals surface area (Å²) in [5, 5.41) is 2.52. The molecule has 1 aliphatic rings. The molecule has 2 heteroatoms. The van der Waals surface area contributed by atoms with Gasteiger partial charge in [-0.15, -0.1) is 0 Å². The van der Waals surface area contributed by atoms with Crippen molar-refractivity contribution in [2.24, 2.45) is 0 Å². The van der Waals surface area contributed by atoms with Crippen LogP contribution in [-0.2, 0) is 5.41 Å². The van der Waals surface area contributed by atoms with E-state index >= 15 is 0 Å². The van der Waals surface area contributed by atoms with Crippen LogP contribution in [0.4, 0.5) is 17.1 Å². The molecule has 53 heavy (non-hydrogen) atoms. The molecule has 0 radical (unpaired) electrons. The van der Waals surface area contributed by atoms with Gasteiger partial charge < -0.3 is 9.47 Å². The van der Waals surface area contributed by atoms with E-state index in [-0.39, 0.29) is 5.41 Å². The average Bonchev–Trinajstić information content (AvgIpc) is 3.67. The van der Waals surface area contributed by atoms with Gasteiger partial charge in [0.25, 0.3) is 0 Å². The van der Waals surface area contributed by atoms with Crippen molar-refractivity contribution < 1.29 is 0 Å². The SMILES string of the molecule is CC1(C)c2ccccc2-c2ccc(N(c3ccccc3)c3ccc(-c4ccccc4-n4c5ccccc5c5ccccc54)c(-c4ccccc4)c3)cc21. The van der Waals surface area contributed by atoms with Gasteiger partial charge in [-0.05, 0) is 93.5 Å². The van der Waals surface area contributed by atoms with Gasteiger partial charge in [0, 0.05) is 38.8 Å². The number of aromatic nitrogens is 1. The van der Waals surface area contributed by atoms with Crippen molar-refractivity contribution in [3.05, 3.63) is 205 Å². The van der Waals surface area contributed by atoms with Gasteiger partial charge in [0.15, 0.2) is 0 Å². The maximum atomic E-state index is 2.43. The maximum absolute atomic E-state index is 2.43. The zero-order valence-corrected chi connectivity index (χ0v) is 29.9. The van der Waals surface area contributed by atoms with E-state index in [4.69, 9.17) is 0 Å². The van der Waals surface area contributed by atoms with Crippen molar-refractivity contribution in [3.63, 3.8) is 0 Å². The van der Waals surface area contributed by atoms with Gasteiger partial charge in [0.1, 0.15) is 0 Å². The number of benzene rings is 8. The second kappa shape index (κ2) is 12.3. The van der Waals surface area contributed by atoms with Crippen molar-refractivity contribution in [2.45, 2.75) is 19.3 Å². The summed E-state index contributed by atoms with van der Waals surface area (Å²) in [6.45, 7) is 4.70. The number of para-hydroxylation sites is 4. The molecule has 0 N–H and O–H groups in total. The van der Waals surface area contributed by atoms with E-state index in [1.54, 1.807) is 0 Å². The molecule has 0 aliphatic heterocycles. The quantitative estimate of drug-likeness (QED) is 0.170. The van der Waals surface area contributed by atoms with Crippen LogP contribution >= 0.6 is 0 Å². The van der Waals surface area contributed by atoms with Crippen molar-refractivity contribution in [2.75, 3.05) is 4.90 Å². The lowest BCUT2D eigenvalue weighted by Crippen LogP contribution is -2.16. The Labute approximate surface area is 310 Å². The zero-order valence-electron chi connectivity index (χ0n) is 29.9. The van der Waals surface area contributed by atoms with Crippen LogP contribution in [0.3, 0.4) is 0 Å². The molecule has 10 rings (SSSR count). The minimum atomic E-state index is -0.0974. The highest BCUT2D eigenvalue weighted by Crippen LogP contribution is 2.51. The highest BCUT2D eigenvalue weighted by atomic mass is 15.1. The van der Waals surface area contributed by atoms with E-state index in [1.165, 1.54) is 66.3 Å². The van der Waals surface area contributed by atoms with Crippen molar-refractivity contribution >= 4 is 38.9 Å². The molecule has 252 valence electrons. The van der Waals surface area contributed by atoms with E-state index in [2.05, 4.69) is 217 Å². The largest absolute Gasteiger partial charge is 0.310 e. The second-order valence-electron chi connectivity index (χ2n) is 14.6. The minimum absolute atomic E-state index is 0.0974. The summed E-state index contributed by atoms with van der Waals surface area (Å²) in [4.78, 5) is 2.41. The third kappa shape index (κ3) is 4.94. The van der Waals surface area contributed by atoms with E-state index in [1.807, 2.05) is 0 Å². The summed E-state index contributed by atoms with van der Waals surface area (Å²) in [7, 11) is 0. The second-order valence-corrected chi connectivity index (χ2v) is 14.6. The number of rotatable bonds is 6. The van der Waals surface area contributed by atoms with Gasteiger partial charge in [0.05, 0.1) is 16.7 Å². The summed E-state index contributed by atoms with van der Waals surface area (Å²) in [6.07, 6.45) is 0. The normalized spacial score (nSPS) is 12.9. The summed E-state index contributed by atoms with van der Waals surface area (Å²) in [6, 6.07) is 70.8. The predicted octanol–water partition coefficient (Wildman–Crippen LogP) is 13.9. The smallest absolute Gasteiger partial charge is 0.0541 e. The molecule has 1 aliphatic carbocycles. The molecule has 1 aromatic heterocycles. The topological polar surface area (TPSA) is 8.17 Å². The predicted molar refractivity (Wildman–Crippen MR) is 224 cm³/mol. The monoisotopic (exact) mass is 678 g/mol. The fourth-order valence-electron chi connectivity index (χ4n) is 8.70. The Bertz CT molecular complexity index is 2750. The lowest BCUT2D eigenvalue weighted by atomic mass is 9.82. The molecule has 0 saturated heterocycles. The molecule has 0 amide bonds. The first-order valence-corrected chi connectivity index (χ1v) is 18.4.